The highest BCUT2D eigenvalue weighted by atomic mass is 35.5. The molecule has 8 nitrogen and oxygen atoms in total. The van der Waals surface area contributed by atoms with E-state index in [1.165, 1.54) is 18.3 Å². The average Bonchev–Trinajstić information content (AvgIpc) is 3.48. The molecule has 1 aliphatic carbocycles. The van der Waals surface area contributed by atoms with Crippen LogP contribution in [0.15, 0.2) is 24.5 Å². The summed E-state index contributed by atoms with van der Waals surface area (Å²) in [6.07, 6.45) is 2.23. The molecule has 0 aromatic carbocycles. The van der Waals surface area contributed by atoms with E-state index < -0.39 is 12.3 Å². The van der Waals surface area contributed by atoms with Crippen LogP contribution in [-0.4, -0.2) is 45.9 Å². The third kappa shape index (κ3) is 4.64. The molecule has 0 radical (unpaired) electrons. The molecule has 2 N–H and O–H groups in total. The number of nitrogens with zero attached hydrogens (tertiary/aromatic N) is 4. The molecule has 1 saturated heterocycles. The normalized spacial score (nSPS) is 18.5. The third-order valence-corrected chi connectivity index (χ3v) is 5.27. The molecule has 1 saturated carbocycles. The smallest absolute Gasteiger partial charge is 0.270 e. The average molecular weight is 437 g/mol. The quantitative estimate of drug-likeness (QED) is 0.722. The number of carbonyl (C=O) groups excluding carboxylic acids is 2. The van der Waals surface area contributed by atoms with Crippen LogP contribution < -0.4 is 15.5 Å². The van der Waals surface area contributed by atoms with Crippen LogP contribution in [0.2, 0.25) is 5.02 Å². The van der Waals surface area contributed by atoms with Gasteiger partial charge >= 0.3 is 0 Å². The molecule has 2 amide bonds. The molecule has 3 heterocycles. The number of halogens is 3. The van der Waals surface area contributed by atoms with Crippen molar-refractivity contribution in [2.45, 2.75) is 31.7 Å². The molecular weight excluding hydrogens is 418 g/mol. The number of anilines is 2. The van der Waals surface area contributed by atoms with Gasteiger partial charge in [0.15, 0.2) is 0 Å². The zero-order valence-corrected chi connectivity index (χ0v) is 16.6. The third-order valence-electron chi connectivity index (χ3n) is 4.99. The Kier molecular flexibility index (Phi) is 5.76. The summed E-state index contributed by atoms with van der Waals surface area (Å²) in [7, 11) is 0. The predicted molar refractivity (Wildman–Crippen MR) is 106 cm³/mol. The van der Waals surface area contributed by atoms with Crippen LogP contribution >= 0.6 is 11.6 Å². The molecule has 1 aliphatic heterocycles. The van der Waals surface area contributed by atoms with Crippen LogP contribution in [0.1, 0.15) is 41.7 Å². The molecule has 30 heavy (non-hydrogen) atoms. The topological polar surface area (TPSA) is 100 Å². The molecule has 1 unspecified atom stereocenters. The SMILES string of the molecule is O=C(NC1CCN(c2ncc(C(F)F)cc2Cl)C1)c1ccnc(NC(=O)C2CC2)n1. The van der Waals surface area contributed by atoms with Gasteiger partial charge in [0.05, 0.1) is 5.02 Å². The molecule has 158 valence electrons. The molecule has 11 heteroatoms. The summed E-state index contributed by atoms with van der Waals surface area (Å²) in [5.74, 6) is -0.0159. The summed E-state index contributed by atoms with van der Waals surface area (Å²) < 4.78 is 25.5. The van der Waals surface area contributed by atoms with Gasteiger partial charge < -0.3 is 10.2 Å². The monoisotopic (exact) mass is 436 g/mol. The van der Waals surface area contributed by atoms with Gasteiger partial charge in [0.2, 0.25) is 11.9 Å². The van der Waals surface area contributed by atoms with Gasteiger partial charge in [-0.3, -0.25) is 14.9 Å². The van der Waals surface area contributed by atoms with Gasteiger partial charge in [-0.05, 0) is 31.4 Å². The summed E-state index contributed by atoms with van der Waals surface area (Å²) in [6, 6.07) is 2.49. The first-order chi connectivity index (χ1) is 14.4. The van der Waals surface area contributed by atoms with Crippen LogP contribution in [-0.2, 0) is 4.79 Å². The summed E-state index contributed by atoms with van der Waals surface area (Å²) in [6.45, 7) is 1.00. The van der Waals surface area contributed by atoms with E-state index in [9.17, 15) is 18.4 Å². The fraction of sp³-hybridized carbons (Fsp3) is 0.421. The van der Waals surface area contributed by atoms with Crippen LogP contribution in [0.25, 0.3) is 0 Å². The minimum atomic E-state index is -2.64. The highest BCUT2D eigenvalue weighted by Gasteiger charge is 2.30. The lowest BCUT2D eigenvalue weighted by atomic mass is 10.2. The molecule has 0 bridgehead atoms. The number of rotatable bonds is 6. The van der Waals surface area contributed by atoms with E-state index in [1.807, 2.05) is 4.90 Å². The number of aromatic nitrogens is 3. The maximum absolute atomic E-state index is 12.8. The van der Waals surface area contributed by atoms with Crippen molar-refractivity contribution in [1.29, 1.82) is 0 Å². The number of hydrogen-bond donors (Lipinski definition) is 2. The first kappa shape index (κ1) is 20.4. The van der Waals surface area contributed by atoms with Crippen molar-refractivity contribution in [3.05, 3.63) is 40.8 Å². The second-order valence-corrected chi connectivity index (χ2v) is 7.72. The van der Waals surface area contributed by atoms with E-state index in [1.54, 1.807) is 0 Å². The minimum absolute atomic E-state index is 0.00532. The fourth-order valence-electron chi connectivity index (χ4n) is 3.23. The summed E-state index contributed by atoms with van der Waals surface area (Å²) in [4.78, 5) is 38.4. The summed E-state index contributed by atoms with van der Waals surface area (Å²) in [5.41, 5.74) is -0.0897. The highest BCUT2D eigenvalue weighted by molar-refractivity contribution is 6.33. The van der Waals surface area contributed by atoms with Crippen molar-refractivity contribution in [2.75, 3.05) is 23.3 Å². The zero-order chi connectivity index (χ0) is 21.3. The van der Waals surface area contributed by atoms with E-state index in [-0.39, 0.29) is 40.1 Å². The van der Waals surface area contributed by atoms with Gasteiger partial charge in [-0.25, -0.2) is 23.7 Å². The Morgan fingerprint density at radius 1 is 1.23 bits per heavy atom. The van der Waals surface area contributed by atoms with Crippen LogP contribution in [0.4, 0.5) is 20.5 Å². The van der Waals surface area contributed by atoms with E-state index >= 15 is 0 Å². The van der Waals surface area contributed by atoms with Crippen molar-refractivity contribution >= 4 is 35.2 Å². The Bertz CT molecular complexity index is 972. The number of pyridine rings is 1. The molecule has 2 aromatic rings. The van der Waals surface area contributed by atoms with Gasteiger partial charge in [0.25, 0.3) is 12.3 Å². The molecule has 4 rings (SSSR count). The van der Waals surface area contributed by atoms with E-state index in [0.29, 0.717) is 25.3 Å². The second kappa shape index (κ2) is 8.47. The molecular formula is C19H19ClF2N6O2. The Balaban J connectivity index is 1.36. The first-order valence-corrected chi connectivity index (χ1v) is 9.92. The molecule has 0 spiro atoms. The van der Waals surface area contributed by atoms with Crippen LogP contribution in [0.5, 0.6) is 0 Å². The van der Waals surface area contributed by atoms with Gasteiger partial charge in [0.1, 0.15) is 11.5 Å². The van der Waals surface area contributed by atoms with Crippen molar-refractivity contribution < 1.29 is 18.4 Å². The molecule has 2 aliphatic rings. The Morgan fingerprint density at radius 2 is 2.03 bits per heavy atom. The van der Waals surface area contributed by atoms with Crippen LogP contribution in [0.3, 0.4) is 0 Å². The van der Waals surface area contributed by atoms with Gasteiger partial charge in [-0.2, -0.15) is 0 Å². The lowest BCUT2D eigenvalue weighted by molar-refractivity contribution is -0.117. The maximum Gasteiger partial charge on any atom is 0.270 e. The summed E-state index contributed by atoms with van der Waals surface area (Å²) in [5, 5.41) is 5.64. The Morgan fingerprint density at radius 3 is 2.73 bits per heavy atom. The van der Waals surface area contributed by atoms with Crippen molar-refractivity contribution in [3.8, 4) is 0 Å². The standard InChI is InChI=1S/C19H19ClF2N6O2/c20-13-7-11(15(21)22)8-24-16(13)28-6-4-12(9-28)25-18(30)14-3-5-23-19(26-14)27-17(29)10-1-2-10/h3,5,7-8,10,12,15H,1-2,4,6,9H2,(H,25,30)(H,23,26,27,29). The number of amides is 2. The number of nitrogens with one attached hydrogen (secondary N) is 2. The Hall–Kier alpha value is -2.88. The first-order valence-electron chi connectivity index (χ1n) is 9.54. The van der Waals surface area contributed by atoms with Crippen molar-refractivity contribution in [2.24, 2.45) is 5.92 Å². The maximum atomic E-state index is 12.8. The van der Waals surface area contributed by atoms with E-state index in [2.05, 4.69) is 25.6 Å². The lowest BCUT2D eigenvalue weighted by Crippen LogP contribution is -2.37. The summed E-state index contributed by atoms with van der Waals surface area (Å²) >= 11 is 6.11. The van der Waals surface area contributed by atoms with Crippen LogP contribution in [0, 0.1) is 5.92 Å². The largest absolute Gasteiger partial charge is 0.353 e. The van der Waals surface area contributed by atoms with Gasteiger partial charge in [0, 0.05) is 43.0 Å². The second-order valence-electron chi connectivity index (χ2n) is 7.31. The minimum Gasteiger partial charge on any atom is -0.353 e. The fourth-order valence-corrected chi connectivity index (χ4v) is 3.52. The zero-order valence-electron chi connectivity index (χ0n) is 15.8. The van der Waals surface area contributed by atoms with Crippen molar-refractivity contribution in [1.82, 2.24) is 20.3 Å². The molecule has 2 fully saturated rings. The van der Waals surface area contributed by atoms with Crippen molar-refractivity contribution in [3.63, 3.8) is 0 Å². The van der Waals surface area contributed by atoms with Gasteiger partial charge in [-0.1, -0.05) is 11.6 Å². The Labute approximate surface area is 176 Å². The van der Waals surface area contributed by atoms with E-state index in [0.717, 1.165) is 19.0 Å². The number of hydrogen-bond acceptors (Lipinski definition) is 6. The predicted octanol–water partition coefficient (Wildman–Crippen LogP) is 2.82. The van der Waals surface area contributed by atoms with E-state index in [4.69, 9.17) is 11.6 Å². The molecule has 2 aromatic heterocycles. The van der Waals surface area contributed by atoms with Gasteiger partial charge in [-0.15, -0.1) is 0 Å². The molecule has 1 atom stereocenters. The number of alkyl halides is 2. The lowest BCUT2D eigenvalue weighted by Gasteiger charge is -2.19. The number of carbonyl (C=O) groups is 2. The highest BCUT2D eigenvalue weighted by Crippen LogP contribution is 2.31.